The zero-order valence-corrected chi connectivity index (χ0v) is 10.0. The van der Waals surface area contributed by atoms with Crippen LogP contribution in [0, 0.1) is 0 Å². The largest absolute Gasteiger partial charge is 0.497 e. The maximum Gasteiger partial charge on any atom is 0.169 e. The quantitative estimate of drug-likeness (QED) is 0.721. The van der Waals surface area contributed by atoms with Crippen LogP contribution in [0.5, 0.6) is 5.75 Å². The molecule has 0 amide bonds. The molecule has 2 aromatic rings. The molecule has 2 rings (SSSR count). The van der Waals surface area contributed by atoms with Crippen LogP contribution in [-0.2, 0) is 0 Å². The van der Waals surface area contributed by atoms with E-state index in [1.807, 2.05) is 30.3 Å². The monoisotopic (exact) mass is 248 g/mol. The molecule has 17 heavy (non-hydrogen) atoms. The average Bonchev–Trinajstić information content (AvgIpc) is 2.77. The zero-order valence-electron chi connectivity index (χ0n) is 9.23. The molecular formula is C11H12N4OS. The number of nitrogens with zero attached hydrogens (tertiary/aromatic N) is 1. The van der Waals surface area contributed by atoms with Gasteiger partial charge in [-0.15, -0.1) is 0 Å². The fraction of sp³-hybridized carbons (Fsp3) is 0.0909. The van der Waals surface area contributed by atoms with Crippen molar-refractivity contribution in [1.82, 2.24) is 10.2 Å². The fourth-order valence-electron chi connectivity index (χ4n) is 1.43. The van der Waals surface area contributed by atoms with Gasteiger partial charge in [0.05, 0.1) is 12.8 Å². The summed E-state index contributed by atoms with van der Waals surface area (Å²) >= 11 is 4.73. The van der Waals surface area contributed by atoms with Crippen LogP contribution < -0.4 is 15.8 Å². The third-order valence-corrected chi connectivity index (χ3v) is 2.33. The van der Waals surface area contributed by atoms with Gasteiger partial charge in [0.2, 0.25) is 0 Å². The highest BCUT2D eigenvalue weighted by Gasteiger charge is 2.04. The van der Waals surface area contributed by atoms with E-state index in [1.54, 1.807) is 7.11 Å². The molecule has 88 valence electrons. The summed E-state index contributed by atoms with van der Waals surface area (Å²) in [6.07, 6.45) is 0. The summed E-state index contributed by atoms with van der Waals surface area (Å²) in [5.74, 6) is 1.41. The lowest BCUT2D eigenvalue weighted by molar-refractivity contribution is 0.415. The van der Waals surface area contributed by atoms with Crippen molar-refractivity contribution >= 4 is 23.1 Å². The molecule has 4 N–H and O–H groups in total. The number of rotatable bonds is 3. The molecule has 1 aromatic carbocycles. The van der Waals surface area contributed by atoms with E-state index in [-0.39, 0.29) is 5.11 Å². The van der Waals surface area contributed by atoms with E-state index in [4.69, 9.17) is 22.7 Å². The predicted octanol–water partition coefficient (Wildman–Crippen LogP) is 1.74. The van der Waals surface area contributed by atoms with E-state index in [1.165, 1.54) is 0 Å². The van der Waals surface area contributed by atoms with Gasteiger partial charge in [-0.3, -0.25) is 5.10 Å². The van der Waals surface area contributed by atoms with E-state index in [2.05, 4.69) is 15.5 Å². The van der Waals surface area contributed by atoms with Crippen molar-refractivity contribution in [1.29, 1.82) is 0 Å². The molecule has 0 aliphatic carbocycles. The number of aromatic amines is 1. The Kier molecular flexibility index (Phi) is 3.24. The standard InChI is InChI=1S/C11H12N4OS/c1-16-8-4-2-7(3-5-8)9-6-10(15-14-9)13-11(12)17/h2-6H,1H3,(H4,12,13,14,15,17). The maximum atomic E-state index is 5.36. The van der Waals surface area contributed by atoms with Gasteiger partial charge in [0.1, 0.15) is 5.75 Å². The minimum absolute atomic E-state index is 0.192. The fourth-order valence-corrected chi connectivity index (χ4v) is 1.54. The molecular weight excluding hydrogens is 236 g/mol. The Labute approximate surface area is 104 Å². The Balaban J connectivity index is 2.21. The van der Waals surface area contributed by atoms with Crippen molar-refractivity contribution in [2.75, 3.05) is 12.4 Å². The third kappa shape index (κ3) is 2.73. The molecule has 0 aliphatic rings. The summed E-state index contributed by atoms with van der Waals surface area (Å²) in [6, 6.07) is 9.49. The van der Waals surface area contributed by atoms with Crippen molar-refractivity contribution in [3.05, 3.63) is 30.3 Å². The molecule has 0 atom stereocenters. The highest BCUT2D eigenvalue weighted by atomic mass is 32.1. The van der Waals surface area contributed by atoms with E-state index in [0.29, 0.717) is 5.82 Å². The lowest BCUT2D eigenvalue weighted by Gasteiger charge is -2.00. The Morgan fingerprint density at radius 1 is 1.41 bits per heavy atom. The van der Waals surface area contributed by atoms with Crippen LogP contribution in [0.4, 0.5) is 5.82 Å². The topological polar surface area (TPSA) is 76.0 Å². The van der Waals surface area contributed by atoms with Gasteiger partial charge in [-0.25, -0.2) is 0 Å². The molecule has 0 unspecified atom stereocenters. The second kappa shape index (κ2) is 4.84. The summed E-state index contributed by atoms with van der Waals surface area (Å²) in [5.41, 5.74) is 7.25. The van der Waals surface area contributed by atoms with Gasteiger partial charge in [0, 0.05) is 6.07 Å². The number of aromatic nitrogens is 2. The van der Waals surface area contributed by atoms with Crippen molar-refractivity contribution in [3.8, 4) is 17.0 Å². The van der Waals surface area contributed by atoms with Gasteiger partial charge in [-0.05, 0) is 42.0 Å². The molecule has 1 heterocycles. The molecule has 0 saturated carbocycles. The lowest BCUT2D eigenvalue weighted by atomic mass is 10.1. The first-order valence-electron chi connectivity index (χ1n) is 4.95. The summed E-state index contributed by atoms with van der Waals surface area (Å²) in [7, 11) is 1.63. The molecule has 6 heteroatoms. The van der Waals surface area contributed by atoms with E-state index < -0.39 is 0 Å². The first kappa shape index (κ1) is 11.4. The molecule has 0 spiro atoms. The van der Waals surface area contributed by atoms with Crippen LogP contribution in [0.25, 0.3) is 11.3 Å². The summed E-state index contributed by atoms with van der Waals surface area (Å²) in [6.45, 7) is 0. The van der Waals surface area contributed by atoms with Gasteiger partial charge >= 0.3 is 0 Å². The van der Waals surface area contributed by atoms with Gasteiger partial charge in [-0.1, -0.05) is 0 Å². The smallest absolute Gasteiger partial charge is 0.169 e. The summed E-state index contributed by atoms with van der Waals surface area (Å²) in [4.78, 5) is 0. The Morgan fingerprint density at radius 2 is 2.12 bits per heavy atom. The van der Waals surface area contributed by atoms with Gasteiger partial charge in [0.15, 0.2) is 10.9 Å². The van der Waals surface area contributed by atoms with Crippen molar-refractivity contribution < 1.29 is 4.74 Å². The molecule has 5 nitrogen and oxygen atoms in total. The van der Waals surface area contributed by atoms with Crippen LogP contribution in [-0.4, -0.2) is 22.4 Å². The maximum absolute atomic E-state index is 5.36. The molecule has 0 fully saturated rings. The number of benzene rings is 1. The minimum atomic E-state index is 0.192. The number of hydrogen-bond donors (Lipinski definition) is 3. The van der Waals surface area contributed by atoms with E-state index in [0.717, 1.165) is 17.0 Å². The Morgan fingerprint density at radius 3 is 2.71 bits per heavy atom. The molecule has 0 bridgehead atoms. The number of methoxy groups -OCH3 is 1. The molecule has 0 aliphatic heterocycles. The number of anilines is 1. The normalized spacial score (nSPS) is 9.94. The predicted molar refractivity (Wildman–Crippen MR) is 71.0 cm³/mol. The van der Waals surface area contributed by atoms with Crippen molar-refractivity contribution in [2.24, 2.45) is 5.73 Å². The summed E-state index contributed by atoms with van der Waals surface area (Å²) < 4.78 is 5.09. The van der Waals surface area contributed by atoms with Crippen LogP contribution in [0.15, 0.2) is 30.3 Å². The highest BCUT2D eigenvalue weighted by Crippen LogP contribution is 2.22. The second-order valence-electron chi connectivity index (χ2n) is 3.38. The Bertz CT molecular complexity index is 521. The SMILES string of the molecule is COc1ccc(-c2cc(NC(N)=S)n[nH]2)cc1. The first-order valence-corrected chi connectivity index (χ1v) is 5.36. The molecule has 0 saturated heterocycles. The average molecular weight is 248 g/mol. The van der Waals surface area contributed by atoms with E-state index >= 15 is 0 Å². The zero-order chi connectivity index (χ0) is 12.3. The number of nitrogens with two attached hydrogens (primary N) is 1. The first-order chi connectivity index (χ1) is 8.19. The van der Waals surface area contributed by atoms with Gasteiger partial charge in [0.25, 0.3) is 0 Å². The minimum Gasteiger partial charge on any atom is -0.497 e. The number of ether oxygens (including phenoxy) is 1. The Hall–Kier alpha value is -2.08. The third-order valence-electron chi connectivity index (χ3n) is 2.23. The van der Waals surface area contributed by atoms with Crippen LogP contribution in [0.2, 0.25) is 0 Å². The van der Waals surface area contributed by atoms with Crippen LogP contribution >= 0.6 is 12.2 Å². The number of thiocarbonyl (C=S) groups is 1. The second-order valence-corrected chi connectivity index (χ2v) is 3.82. The van der Waals surface area contributed by atoms with Gasteiger partial charge in [-0.2, -0.15) is 5.10 Å². The molecule has 0 radical (unpaired) electrons. The lowest BCUT2D eigenvalue weighted by Crippen LogP contribution is -2.18. The summed E-state index contributed by atoms with van der Waals surface area (Å²) in [5, 5.41) is 9.89. The number of H-pyrrole nitrogens is 1. The van der Waals surface area contributed by atoms with Crippen molar-refractivity contribution in [2.45, 2.75) is 0 Å². The van der Waals surface area contributed by atoms with E-state index in [9.17, 15) is 0 Å². The van der Waals surface area contributed by atoms with Crippen LogP contribution in [0.3, 0.4) is 0 Å². The van der Waals surface area contributed by atoms with Crippen LogP contribution in [0.1, 0.15) is 0 Å². The van der Waals surface area contributed by atoms with Crippen molar-refractivity contribution in [3.63, 3.8) is 0 Å². The highest BCUT2D eigenvalue weighted by molar-refractivity contribution is 7.80. The molecule has 1 aromatic heterocycles. The number of nitrogens with one attached hydrogen (secondary N) is 2. The van der Waals surface area contributed by atoms with Gasteiger partial charge < -0.3 is 15.8 Å². The number of hydrogen-bond acceptors (Lipinski definition) is 3.